The summed E-state index contributed by atoms with van der Waals surface area (Å²) in [4.78, 5) is 16.5. The smallest absolute Gasteiger partial charge is 0.257 e. The number of benzene rings is 1. The number of halogens is 1. The molecule has 0 radical (unpaired) electrons. The number of aryl methyl sites for hydroxylation is 1. The number of carbonyl (C=O) groups excluding carboxylic acids is 1. The van der Waals surface area contributed by atoms with Crippen LogP contribution in [-0.2, 0) is 10.0 Å². The van der Waals surface area contributed by atoms with E-state index in [1.807, 2.05) is 6.92 Å². The number of nitrogens with one attached hydrogen (secondary N) is 1. The average Bonchev–Trinajstić information content (AvgIpc) is 2.51. The minimum Gasteiger partial charge on any atom is -0.322 e. The number of hydrogen-bond donors (Lipinski definition) is 1. The molecule has 0 atom stereocenters. The molecule has 0 aliphatic heterocycles. The molecule has 1 aromatic heterocycles. The number of pyridine rings is 1. The fourth-order valence-corrected chi connectivity index (χ4v) is 3.43. The first-order chi connectivity index (χ1) is 11.1. The largest absolute Gasteiger partial charge is 0.322 e. The van der Waals surface area contributed by atoms with Crippen LogP contribution in [0.15, 0.2) is 40.0 Å². The summed E-state index contributed by atoms with van der Waals surface area (Å²) in [6.45, 7) is 3.64. The lowest BCUT2D eigenvalue weighted by molar-refractivity contribution is 0.102. The van der Waals surface area contributed by atoms with Gasteiger partial charge in [-0.2, -0.15) is 0 Å². The molecule has 0 saturated carbocycles. The number of rotatable bonds is 4. The van der Waals surface area contributed by atoms with Crippen molar-refractivity contribution in [2.24, 2.45) is 0 Å². The number of anilines is 1. The van der Waals surface area contributed by atoms with Crippen molar-refractivity contribution in [1.82, 2.24) is 9.29 Å². The van der Waals surface area contributed by atoms with E-state index in [0.29, 0.717) is 15.7 Å². The van der Waals surface area contributed by atoms with Crippen LogP contribution in [0.5, 0.6) is 0 Å². The van der Waals surface area contributed by atoms with Crippen LogP contribution in [0, 0.1) is 13.8 Å². The minimum absolute atomic E-state index is 0.137. The second-order valence-corrected chi connectivity index (χ2v) is 8.61. The topological polar surface area (TPSA) is 79.4 Å². The third kappa shape index (κ3) is 3.82. The van der Waals surface area contributed by atoms with Crippen LogP contribution in [0.4, 0.5) is 5.69 Å². The summed E-state index contributed by atoms with van der Waals surface area (Å²) in [5.41, 5.74) is 2.42. The van der Waals surface area contributed by atoms with Crippen molar-refractivity contribution < 1.29 is 13.2 Å². The molecule has 1 heterocycles. The van der Waals surface area contributed by atoms with Crippen LogP contribution in [-0.4, -0.2) is 37.7 Å². The zero-order chi connectivity index (χ0) is 18.1. The van der Waals surface area contributed by atoms with Gasteiger partial charge >= 0.3 is 0 Å². The van der Waals surface area contributed by atoms with E-state index < -0.39 is 10.0 Å². The number of aromatic nitrogens is 1. The Bertz CT molecular complexity index is 895. The van der Waals surface area contributed by atoms with Crippen molar-refractivity contribution >= 4 is 37.5 Å². The third-order valence-corrected chi connectivity index (χ3v) is 5.86. The molecule has 2 rings (SSSR count). The summed E-state index contributed by atoms with van der Waals surface area (Å²) in [6, 6.07) is 4.72. The maximum atomic E-state index is 12.4. The summed E-state index contributed by atoms with van der Waals surface area (Å²) in [5.74, 6) is -0.356. The van der Waals surface area contributed by atoms with E-state index in [1.54, 1.807) is 25.3 Å². The number of sulfonamides is 1. The number of amides is 1. The molecule has 0 spiro atoms. The van der Waals surface area contributed by atoms with Crippen LogP contribution in [0.1, 0.15) is 21.5 Å². The quantitative estimate of drug-likeness (QED) is 0.838. The number of carbonyl (C=O) groups is 1. The second-order valence-electron chi connectivity index (χ2n) is 5.55. The highest BCUT2D eigenvalue weighted by Gasteiger charge is 2.20. The zero-order valence-corrected chi connectivity index (χ0v) is 16.2. The second kappa shape index (κ2) is 7.00. The lowest BCUT2D eigenvalue weighted by Crippen LogP contribution is -2.23. The summed E-state index contributed by atoms with van der Waals surface area (Å²) in [5, 5.41) is 2.76. The first kappa shape index (κ1) is 18.6. The molecule has 1 amide bonds. The zero-order valence-electron chi connectivity index (χ0n) is 13.8. The molecule has 24 heavy (non-hydrogen) atoms. The first-order valence-corrected chi connectivity index (χ1v) is 9.32. The van der Waals surface area contributed by atoms with Gasteiger partial charge in [0.1, 0.15) is 0 Å². The third-order valence-electron chi connectivity index (χ3n) is 3.63. The molecular weight excluding hydrogens is 394 g/mol. The Morgan fingerprint density at radius 1 is 1.17 bits per heavy atom. The van der Waals surface area contributed by atoms with Gasteiger partial charge in [-0.3, -0.25) is 9.78 Å². The molecule has 0 aliphatic rings. The summed E-state index contributed by atoms with van der Waals surface area (Å²) in [7, 11) is -0.647. The fourth-order valence-electron chi connectivity index (χ4n) is 2.05. The van der Waals surface area contributed by atoms with Crippen molar-refractivity contribution in [3.8, 4) is 0 Å². The predicted octanol–water partition coefficient (Wildman–Crippen LogP) is 2.96. The molecule has 0 bridgehead atoms. The minimum atomic E-state index is -3.58. The van der Waals surface area contributed by atoms with Crippen LogP contribution >= 0.6 is 15.9 Å². The lowest BCUT2D eigenvalue weighted by Gasteiger charge is -2.16. The van der Waals surface area contributed by atoms with Crippen molar-refractivity contribution in [2.75, 3.05) is 19.4 Å². The Balaban J connectivity index is 2.44. The molecule has 1 N–H and O–H groups in total. The van der Waals surface area contributed by atoms with Gasteiger partial charge in [-0.15, -0.1) is 0 Å². The normalized spacial score (nSPS) is 11.6. The molecule has 0 saturated heterocycles. The SMILES string of the molecule is Cc1cc(S(=O)(=O)N(C)C)cc(NC(=O)c2cncc(Br)c2)c1C. The van der Waals surface area contributed by atoms with E-state index in [4.69, 9.17) is 0 Å². The summed E-state index contributed by atoms with van der Waals surface area (Å²) >= 11 is 3.27. The maximum absolute atomic E-state index is 12.4. The van der Waals surface area contributed by atoms with Gasteiger partial charge < -0.3 is 5.32 Å². The Hall–Kier alpha value is -1.77. The number of nitrogens with zero attached hydrogens (tertiary/aromatic N) is 2. The van der Waals surface area contributed by atoms with Crippen LogP contribution in [0.25, 0.3) is 0 Å². The standard InChI is InChI=1S/C16H18BrN3O3S/c1-10-5-14(24(22,23)20(3)4)7-15(11(10)2)19-16(21)12-6-13(17)9-18-8-12/h5-9H,1-4H3,(H,19,21). The van der Waals surface area contributed by atoms with Gasteiger partial charge in [0.05, 0.1) is 10.5 Å². The average molecular weight is 412 g/mol. The lowest BCUT2D eigenvalue weighted by atomic mass is 10.1. The molecule has 2 aromatic rings. The fraction of sp³-hybridized carbons (Fsp3) is 0.250. The predicted molar refractivity (Wildman–Crippen MR) is 96.7 cm³/mol. The highest BCUT2D eigenvalue weighted by molar-refractivity contribution is 9.10. The van der Waals surface area contributed by atoms with E-state index in [9.17, 15) is 13.2 Å². The molecule has 0 unspecified atom stereocenters. The van der Waals surface area contributed by atoms with Crippen molar-refractivity contribution in [1.29, 1.82) is 0 Å². The molecular formula is C16H18BrN3O3S. The van der Waals surface area contributed by atoms with Gasteiger partial charge in [0, 0.05) is 36.6 Å². The highest BCUT2D eigenvalue weighted by Crippen LogP contribution is 2.26. The van der Waals surface area contributed by atoms with Gasteiger partial charge in [-0.25, -0.2) is 12.7 Å². The first-order valence-electron chi connectivity index (χ1n) is 7.08. The molecule has 128 valence electrons. The molecule has 8 heteroatoms. The highest BCUT2D eigenvalue weighted by atomic mass is 79.9. The Morgan fingerprint density at radius 2 is 1.83 bits per heavy atom. The van der Waals surface area contributed by atoms with Crippen LogP contribution in [0.2, 0.25) is 0 Å². The van der Waals surface area contributed by atoms with Gasteiger partial charge in [0.2, 0.25) is 10.0 Å². The van der Waals surface area contributed by atoms with Gasteiger partial charge in [0.25, 0.3) is 5.91 Å². The van der Waals surface area contributed by atoms with Crippen molar-refractivity contribution in [3.63, 3.8) is 0 Å². The Labute approximate surface area is 150 Å². The van der Waals surface area contributed by atoms with Crippen molar-refractivity contribution in [2.45, 2.75) is 18.7 Å². The van der Waals surface area contributed by atoms with Gasteiger partial charge in [-0.1, -0.05) is 0 Å². The van der Waals surface area contributed by atoms with Gasteiger partial charge in [-0.05, 0) is 59.1 Å². The van der Waals surface area contributed by atoms with Crippen molar-refractivity contribution in [3.05, 3.63) is 51.8 Å². The molecule has 0 fully saturated rings. The molecule has 6 nitrogen and oxygen atoms in total. The Morgan fingerprint density at radius 3 is 2.42 bits per heavy atom. The van der Waals surface area contributed by atoms with Crippen LogP contribution in [0.3, 0.4) is 0 Å². The van der Waals surface area contributed by atoms with Crippen LogP contribution < -0.4 is 5.32 Å². The van der Waals surface area contributed by atoms with E-state index in [2.05, 4.69) is 26.2 Å². The summed E-state index contributed by atoms with van der Waals surface area (Å²) < 4.78 is 26.5. The molecule has 0 aliphatic carbocycles. The van der Waals surface area contributed by atoms with E-state index in [1.165, 1.54) is 26.4 Å². The summed E-state index contributed by atoms with van der Waals surface area (Å²) in [6.07, 6.45) is 3.03. The van der Waals surface area contributed by atoms with E-state index in [-0.39, 0.29) is 10.8 Å². The van der Waals surface area contributed by atoms with E-state index >= 15 is 0 Å². The van der Waals surface area contributed by atoms with E-state index in [0.717, 1.165) is 15.4 Å². The van der Waals surface area contributed by atoms with Gasteiger partial charge in [0.15, 0.2) is 0 Å². The monoisotopic (exact) mass is 411 g/mol. The molecule has 1 aromatic carbocycles. The maximum Gasteiger partial charge on any atom is 0.257 e. The Kier molecular flexibility index (Phi) is 5.42. The number of hydrogen-bond acceptors (Lipinski definition) is 4.